The van der Waals surface area contributed by atoms with Gasteiger partial charge in [-0.05, 0) is 24.6 Å². The number of hydrogen-bond acceptors (Lipinski definition) is 4. The second kappa shape index (κ2) is 10.3. The summed E-state index contributed by atoms with van der Waals surface area (Å²) in [5.74, 6) is -0.0537. The van der Waals surface area contributed by atoms with E-state index in [9.17, 15) is 14.4 Å². The van der Waals surface area contributed by atoms with E-state index in [4.69, 9.17) is 4.74 Å². The Morgan fingerprint density at radius 1 is 1.12 bits per heavy atom. The van der Waals surface area contributed by atoms with Crippen LogP contribution in [0.2, 0.25) is 0 Å². The third-order valence-corrected chi connectivity index (χ3v) is 3.29. The lowest BCUT2D eigenvalue weighted by atomic mass is 10.2. The van der Waals surface area contributed by atoms with Crippen molar-refractivity contribution < 1.29 is 24.0 Å². The molecule has 8 nitrogen and oxygen atoms in total. The molecule has 1 unspecified atom stereocenters. The van der Waals surface area contributed by atoms with Crippen LogP contribution in [0.4, 0.5) is 11.4 Å². The molecule has 1 aromatic rings. The Hall–Kier alpha value is -2.61. The van der Waals surface area contributed by atoms with E-state index in [-0.39, 0.29) is 30.8 Å². The summed E-state index contributed by atoms with van der Waals surface area (Å²) >= 11 is 0. The van der Waals surface area contributed by atoms with Gasteiger partial charge in [-0.15, -0.1) is 0 Å². The molecule has 4 N–H and O–H groups in total. The molecule has 0 radical (unpaired) electrons. The number of carbonyl (C=O) groups is 3. The molecule has 0 spiro atoms. The zero-order valence-corrected chi connectivity index (χ0v) is 15.2. The molecule has 0 aliphatic heterocycles. The van der Waals surface area contributed by atoms with Crippen LogP contribution in [0.5, 0.6) is 5.75 Å². The molecule has 1 atom stereocenters. The molecular formula is C17H27N4O4+. The molecule has 0 saturated heterocycles. The first-order chi connectivity index (χ1) is 11.8. The van der Waals surface area contributed by atoms with Crippen molar-refractivity contribution >= 4 is 29.1 Å². The average Bonchev–Trinajstić information content (AvgIpc) is 2.52. The normalized spacial score (nSPS) is 11.4. The van der Waals surface area contributed by atoms with Crippen molar-refractivity contribution in [2.75, 3.05) is 44.4 Å². The quantitative estimate of drug-likeness (QED) is 0.488. The van der Waals surface area contributed by atoms with Gasteiger partial charge in [0.25, 0.3) is 11.8 Å². The third kappa shape index (κ3) is 7.67. The predicted molar refractivity (Wildman–Crippen MR) is 95.8 cm³/mol. The van der Waals surface area contributed by atoms with E-state index in [0.717, 1.165) is 11.3 Å². The molecule has 3 amide bonds. The number of carbonyl (C=O) groups excluding carboxylic acids is 3. The number of rotatable bonds is 9. The molecule has 0 aromatic heterocycles. The van der Waals surface area contributed by atoms with E-state index < -0.39 is 0 Å². The van der Waals surface area contributed by atoms with Gasteiger partial charge < -0.3 is 25.6 Å². The number of quaternary nitrogens is 1. The smallest absolute Gasteiger partial charge is 0.279 e. The number of hydrogen-bond donors (Lipinski definition) is 4. The van der Waals surface area contributed by atoms with Crippen LogP contribution in [0.3, 0.4) is 0 Å². The molecule has 0 saturated carbocycles. The first-order valence-corrected chi connectivity index (χ1v) is 8.19. The van der Waals surface area contributed by atoms with Crippen LogP contribution in [-0.4, -0.2) is 51.5 Å². The Morgan fingerprint density at radius 2 is 1.80 bits per heavy atom. The van der Waals surface area contributed by atoms with Gasteiger partial charge in [0.05, 0.1) is 19.8 Å². The number of methoxy groups -OCH3 is 1. The van der Waals surface area contributed by atoms with E-state index in [2.05, 4.69) is 16.0 Å². The van der Waals surface area contributed by atoms with Crippen molar-refractivity contribution in [2.24, 2.45) is 0 Å². The SMILES string of the molecule is CCCNC(=O)C[NH+](C)CC(=O)Nc1cc(NC(C)=O)ccc1OC. The fraction of sp³-hybridized carbons (Fsp3) is 0.471. The molecule has 1 rings (SSSR count). The van der Waals surface area contributed by atoms with Gasteiger partial charge in [-0.1, -0.05) is 6.92 Å². The Bertz CT molecular complexity index is 619. The van der Waals surface area contributed by atoms with Crippen LogP contribution >= 0.6 is 0 Å². The summed E-state index contributed by atoms with van der Waals surface area (Å²) in [6.07, 6.45) is 0.871. The van der Waals surface area contributed by atoms with Gasteiger partial charge in [-0.3, -0.25) is 14.4 Å². The van der Waals surface area contributed by atoms with E-state index in [1.165, 1.54) is 14.0 Å². The average molecular weight is 351 g/mol. The monoisotopic (exact) mass is 351 g/mol. The summed E-state index contributed by atoms with van der Waals surface area (Å²) in [4.78, 5) is 35.8. The van der Waals surface area contributed by atoms with Gasteiger partial charge in [0.15, 0.2) is 13.1 Å². The van der Waals surface area contributed by atoms with Crippen LogP contribution < -0.4 is 25.6 Å². The zero-order chi connectivity index (χ0) is 18.8. The second-order valence-electron chi connectivity index (χ2n) is 5.81. The Balaban J connectivity index is 2.65. The molecule has 25 heavy (non-hydrogen) atoms. The molecule has 0 aliphatic carbocycles. The second-order valence-corrected chi connectivity index (χ2v) is 5.81. The fourth-order valence-electron chi connectivity index (χ4n) is 2.22. The van der Waals surface area contributed by atoms with Crippen LogP contribution in [0.25, 0.3) is 0 Å². The lowest BCUT2D eigenvalue weighted by molar-refractivity contribution is -0.862. The van der Waals surface area contributed by atoms with Gasteiger partial charge in [0, 0.05) is 19.2 Å². The van der Waals surface area contributed by atoms with Gasteiger partial charge in [0.1, 0.15) is 5.75 Å². The topological polar surface area (TPSA) is 101 Å². The fourth-order valence-corrected chi connectivity index (χ4v) is 2.22. The minimum absolute atomic E-state index is 0.0858. The lowest BCUT2D eigenvalue weighted by Gasteiger charge is -2.15. The summed E-state index contributed by atoms with van der Waals surface area (Å²) in [6, 6.07) is 4.97. The number of amides is 3. The minimum atomic E-state index is -0.251. The standard InChI is InChI=1S/C17H26N4O4/c1-5-8-18-16(23)10-21(3)11-17(24)20-14-9-13(19-12(2)22)6-7-15(14)25-4/h6-7,9H,5,8,10-11H2,1-4H3,(H,18,23)(H,19,22)(H,20,24)/p+1. The van der Waals surface area contributed by atoms with E-state index in [0.29, 0.717) is 23.7 Å². The summed E-state index contributed by atoms with van der Waals surface area (Å²) in [5, 5.41) is 8.19. The van der Waals surface area contributed by atoms with Crippen LogP contribution in [-0.2, 0) is 14.4 Å². The van der Waals surface area contributed by atoms with Crippen LogP contribution in [0, 0.1) is 0 Å². The maximum atomic E-state index is 12.2. The van der Waals surface area contributed by atoms with Gasteiger partial charge in [-0.2, -0.15) is 0 Å². The molecule has 0 heterocycles. The number of anilines is 2. The minimum Gasteiger partial charge on any atom is -0.495 e. The molecule has 1 aromatic carbocycles. The molecule has 8 heteroatoms. The number of ether oxygens (including phenoxy) is 1. The number of likely N-dealkylation sites (N-methyl/N-ethyl adjacent to an activating group) is 1. The van der Waals surface area contributed by atoms with Crippen molar-refractivity contribution in [3.05, 3.63) is 18.2 Å². The first-order valence-electron chi connectivity index (χ1n) is 8.19. The molecule has 0 bridgehead atoms. The Labute approximate surface area is 147 Å². The highest BCUT2D eigenvalue weighted by atomic mass is 16.5. The Kier molecular flexibility index (Phi) is 8.42. The highest BCUT2D eigenvalue weighted by Crippen LogP contribution is 2.27. The third-order valence-electron chi connectivity index (χ3n) is 3.29. The van der Waals surface area contributed by atoms with Crippen molar-refractivity contribution in [1.29, 1.82) is 0 Å². The van der Waals surface area contributed by atoms with E-state index in [1.807, 2.05) is 6.92 Å². The zero-order valence-electron chi connectivity index (χ0n) is 15.2. The largest absolute Gasteiger partial charge is 0.495 e. The van der Waals surface area contributed by atoms with Crippen molar-refractivity contribution in [2.45, 2.75) is 20.3 Å². The number of nitrogens with one attached hydrogen (secondary N) is 4. The maximum absolute atomic E-state index is 12.2. The molecule has 0 aliphatic rings. The predicted octanol–water partition coefficient (Wildman–Crippen LogP) is -0.367. The molecule has 138 valence electrons. The summed E-state index contributed by atoms with van der Waals surface area (Å²) in [6.45, 7) is 4.37. The maximum Gasteiger partial charge on any atom is 0.279 e. The van der Waals surface area contributed by atoms with Crippen LogP contribution in [0.1, 0.15) is 20.3 Å². The number of benzene rings is 1. The summed E-state index contributed by atoms with van der Waals surface area (Å²) in [7, 11) is 3.27. The van der Waals surface area contributed by atoms with Gasteiger partial charge in [0.2, 0.25) is 5.91 Å². The van der Waals surface area contributed by atoms with Crippen molar-refractivity contribution in [3.63, 3.8) is 0 Å². The summed E-state index contributed by atoms with van der Waals surface area (Å²) < 4.78 is 5.22. The first kappa shape index (κ1) is 20.4. The van der Waals surface area contributed by atoms with E-state index >= 15 is 0 Å². The summed E-state index contributed by atoms with van der Waals surface area (Å²) in [5.41, 5.74) is 1.02. The van der Waals surface area contributed by atoms with Crippen LogP contribution in [0.15, 0.2) is 18.2 Å². The van der Waals surface area contributed by atoms with Crippen molar-refractivity contribution in [3.8, 4) is 5.75 Å². The highest BCUT2D eigenvalue weighted by molar-refractivity contribution is 5.95. The molecule has 0 fully saturated rings. The van der Waals surface area contributed by atoms with Gasteiger partial charge >= 0.3 is 0 Å². The highest BCUT2D eigenvalue weighted by Gasteiger charge is 2.16. The van der Waals surface area contributed by atoms with Crippen molar-refractivity contribution in [1.82, 2.24) is 5.32 Å². The van der Waals surface area contributed by atoms with Gasteiger partial charge in [-0.25, -0.2) is 0 Å². The lowest BCUT2D eigenvalue weighted by Crippen LogP contribution is -3.11. The van der Waals surface area contributed by atoms with E-state index in [1.54, 1.807) is 25.2 Å². The molecular weight excluding hydrogens is 324 g/mol. The Morgan fingerprint density at radius 3 is 2.40 bits per heavy atom.